The molecule has 0 atom stereocenters. The number of carboxylic acids is 1. The summed E-state index contributed by atoms with van der Waals surface area (Å²) in [5.74, 6) is -0.992. The molecule has 1 heterocycles. The van der Waals surface area contributed by atoms with E-state index in [1.165, 1.54) is 0 Å². The molecule has 0 aliphatic carbocycles. The quantitative estimate of drug-likeness (QED) is 0.837. The third-order valence-electron chi connectivity index (χ3n) is 1.97. The summed E-state index contributed by atoms with van der Waals surface area (Å²) in [5, 5.41) is 15.4. The summed E-state index contributed by atoms with van der Waals surface area (Å²) in [7, 11) is 0. The van der Waals surface area contributed by atoms with Crippen molar-refractivity contribution in [3.63, 3.8) is 0 Å². The molecule has 1 aromatic carbocycles. The fourth-order valence-electron chi connectivity index (χ4n) is 1.26. The van der Waals surface area contributed by atoms with Crippen LogP contribution in [0.1, 0.15) is 10.5 Å². The molecule has 0 aliphatic rings. The molecule has 0 bridgehead atoms. The molecular weight excluding hydrogens is 307 g/mol. The van der Waals surface area contributed by atoms with Gasteiger partial charge in [0.25, 0.3) is 0 Å². The summed E-state index contributed by atoms with van der Waals surface area (Å²) < 4.78 is 0.631. The zero-order valence-corrected chi connectivity index (χ0v) is 9.72. The van der Waals surface area contributed by atoms with Crippen LogP contribution in [-0.4, -0.2) is 21.3 Å². The van der Waals surface area contributed by atoms with E-state index in [1.54, 1.807) is 0 Å². The number of nitrogens with zero attached hydrogens (tertiary/aromatic N) is 1. The van der Waals surface area contributed by atoms with Crippen LogP contribution in [0.25, 0.3) is 11.3 Å². The summed E-state index contributed by atoms with van der Waals surface area (Å²) in [6.07, 6.45) is 0. The van der Waals surface area contributed by atoms with Gasteiger partial charge in [0, 0.05) is 5.56 Å². The van der Waals surface area contributed by atoms with Crippen LogP contribution in [0.4, 0.5) is 0 Å². The SMILES string of the molecule is O=C(O)c1[nH]nc(-c2ccccc2)c1I. The van der Waals surface area contributed by atoms with E-state index >= 15 is 0 Å². The van der Waals surface area contributed by atoms with E-state index in [2.05, 4.69) is 10.2 Å². The lowest BCUT2D eigenvalue weighted by Crippen LogP contribution is -1.98. The van der Waals surface area contributed by atoms with Gasteiger partial charge >= 0.3 is 5.97 Å². The van der Waals surface area contributed by atoms with Gasteiger partial charge in [-0.25, -0.2) is 4.79 Å². The largest absolute Gasteiger partial charge is 0.476 e. The van der Waals surface area contributed by atoms with Crippen molar-refractivity contribution in [1.29, 1.82) is 0 Å². The van der Waals surface area contributed by atoms with Crippen molar-refractivity contribution < 1.29 is 9.90 Å². The van der Waals surface area contributed by atoms with Gasteiger partial charge in [-0.2, -0.15) is 5.10 Å². The Labute approximate surface area is 99.5 Å². The molecule has 0 amide bonds. The molecule has 2 aromatic rings. The minimum absolute atomic E-state index is 0.134. The van der Waals surface area contributed by atoms with E-state index in [4.69, 9.17) is 5.11 Å². The van der Waals surface area contributed by atoms with Crippen LogP contribution in [0.2, 0.25) is 0 Å². The van der Waals surface area contributed by atoms with Crippen LogP contribution in [0.3, 0.4) is 0 Å². The molecule has 0 spiro atoms. The van der Waals surface area contributed by atoms with Crippen LogP contribution in [0.5, 0.6) is 0 Å². The number of halogens is 1. The lowest BCUT2D eigenvalue weighted by molar-refractivity contribution is 0.0689. The van der Waals surface area contributed by atoms with Gasteiger partial charge in [-0.3, -0.25) is 5.10 Å². The normalized spacial score (nSPS) is 10.2. The van der Waals surface area contributed by atoms with Gasteiger partial charge in [0.2, 0.25) is 0 Å². The van der Waals surface area contributed by atoms with E-state index in [1.807, 2.05) is 52.9 Å². The standard InChI is InChI=1S/C10H7IN2O2/c11-7-8(6-4-2-1-3-5-6)12-13-9(7)10(14)15/h1-5H,(H,12,13)(H,14,15). The van der Waals surface area contributed by atoms with E-state index < -0.39 is 5.97 Å². The Morgan fingerprint density at radius 2 is 2.00 bits per heavy atom. The second kappa shape index (κ2) is 4.01. The van der Waals surface area contributed by atoms with E-state index in [0.717, 1.165) is 5.56 Å². The van der Waals surface area contributed by atoms with Crippen LogP contribution in [-0.2, 0) is 0 Å². The third kappa shape index (κ3) is 1.87. The summed E-state index contributed by atoms with van der Waals surface area (Å²) in [6, 6.07) is 9.47. The van der Waals surface area contributed by atoms with Crippen molar-refractivity contribution in [3.05, 3.63) is 39.6 Å². The van der Waals surface area contributed by atoms with Crippen molar-refractivity contribution >= 4 is 28.6 Å². The van der Waals surface area contributed by atoms with Gasteiger partial charge in [-0.1, -0.05) is 30.3 Å². The highest BCUT2D eigenvalue weighted by Crippen LogP contribution is 2.24. The predicted octanol–water partition coefficient (Wildman–Crippen LogP) is 2.38. The Hall–Kier alpha value is -1.37. The number of aromatic nitrogens is 2. The maximum atomic E-state index is 10.8. The fourth-order valence-corrected chi connectivity index (χ4v) is 2.04. The zero-order valence-electron chi connectivity index (χ0n) is 7.57. The van der Waals surface area contributed by atoms with Crippen LogP contribution in [0, 0.1) is 3.57 Å². The molecule has 0 fully saturated rings. The first-order chi connectivity index (χ1) is 7.20. The van der Waals surface area contributed by atoms with Gasteiger partial charge in [0.05, 0.1) is 3.57 Å². The second-order valence-electron chi connectivity index (χ2n) is 2.93. The highest BCUT2D eigenvalue weighted by molar-refractivity contribution is 14.1. The van der Waals surface area contributed by atoms with Crippen molar-refractivity contribution in [2.75, 3.05) is 0 Å². The summed E-state index contributed by atoms with van der Waals surface area (Å²) in [4.78, 5) is 10.8. The minimum atomic E-state index is -0.992. The Bertz CT molecular complexity index is 493. The summed E-state index contributed by atoms with van der Waals surface area (Å²) >= 11 is 1.98. The summed E-state index contributed by atoms with van der Waals surface area (Å²) in [6.45, 7) is 0. The van der Waals surface area contributed by atoms with Gasteiger partial charge in [0.15, 0.2) is 5.69 Å². The van der Waals surface area contributed by atoms with E-state index in [9.17, 15) is 4.79 Å². The van der Waals surface area contributed by atoms with Crippen molar-refractivity contribution in [2.45, 2.75) is 0 Å². The highest BCUT2D eigenvalue weighted by atomic mass is 127. The molecular formula is C10H7IN2O2. The van der Waals surface area contributed by atoms with Gasteiger partial charge in [-0.05, 0) is 22.6 Å². The van der Waals surface area contributed by atoms with Crippen LogP contribution in [0.15, 0.2) is 30.3 Å². The average molecular weight is 314 g/mol. The Balaban J connectivity index is 2.52. The van der Waals surface area contributed by atoms with Crippen LogP contribution >= 0.6 is 22.6 Å². The van der Waals surface area contributed by atoms with E-state index in [0.29, 0.717) is 9.26 Å². The molecule has 5 heteroatoms. The molecule has 2 rings (SSSR count). The topological polar surface area (TPSA) is 66.0 Å². The molecule has 0 radical (unpaired) electrons. The third-order valence-corrected chi connectivity index (χ3v) is 3.02. The molecule has 0 saturated heterocycles. The number of aromatic carboxylic acids is 1. The van der Waals surface area contributed by atoms with Crippen LogP contribution < -0.4 is 0 Å². The average Bonchev–Trinajstić information content (AvgIpc) is 2.61. The number of hydrogen-bond acceptors (Lipinski definition) is 2. The summed E-state index contributed by atoms with van der Waals surface area (Å²) in [5.41, 5.74) is 1.72. The molecule has 0 unspecified atom stereocenters. The Kier molecular flexibility index (Phi) is 2.72. The number of carbonyl (C=O) groups is 1. The predicted molar refractivity (Wildman–Crippen MR) is 63.7 cm³/mol. The Morgan fingerprint density at radius 1 is 1.33 bits per heavy atom. The molecule has 0 aliphatic heterocycles. The van der Waals surface area contributed by atoms with Gasteiger partial charge < -0.3 is 5.11 Å². The molecule has 2 N–H and O–H groups in total. The first-order valence-electron chi connectivity index (χ1n) is 4.22. The number of rotatable bonds is 2. The monoisotopic (exact) mass is 314 g/mol. The lowest BCUT2D eigenvalue weighted by atomic mass is 10.1. The number of H-pyrrole nitrogens is 1. The number of aromatic amines is 1. The molecule has 76 valence electrons. The molecule has 4 nitrogen and oxygen atoms in total. The minimum Gasteiger partial charge on any atom is -0.476 e. The smallest absolute Gasteiger partial charge is 0.355 e. The van der Waals surface area contributed by atoms with Gasteiger partial charge in [-0.15, -0.1) is 0 Å². The van der Waals surface area contributed by atoms with Crippen molar-refractivity contribution in [1.82, 2.24) is 10.2 Å². The van der Waals surface area contributed by atoms with Crippen molar-refractivity contribution in [2.24, 2.45) is 0 Å². The first-order valence-corrected chi connectivity index (χ1v) is 5.30. The maximum Gasteiger partial charge on any atom is 0.355 e. The first kappa shape index (κ1) is 10.2. The van der Waals surface area contributed by atoms with Crippen molar-refractivity contribution in [3.8, 4) is 11.3 Å². The number of benzene rings is 1. The molecule has 0 saturated carbocycles. The number of carboxylic acid groups (broad SMARTS) is 1. The Morgan fingerprint density at radius 3 is 2.53 bits per heavy atom. The molecule has 1 aromatic heterocycles. The lowest BCUT2D eigenvalue weighted by Gasteiger charge is -1.95. The second-order valence-corrected chi connectivity index (χ2v) is 4.01. The maximum absolute atomic E-state index is 10.8. The molecule has 15 heavy (non-hydrogen) atoms. The number of nitrogens with one attached hydrogen (secondary N) is 1. The van der Waals surface area contributed by atoms with E-state index in [-0.39, 0.29) is 5.69 Å². The zero-order chi connectivity index (χ0) is 10.8. The highest BCUT2D eigenvalue weighted by Gasteiger charge is 2.16. The number of hydrogen-bond donors (Lipinski definition) is 2. The fraction of sp³-hybridized carbons (Fsp3) is 0. The van der Waals surface area contributed by atoms with Gasteiger partial charge in [0.1, 0.15) is 5.69 Å².